The van der Waals surface area contributed by atoms with E-state index >= 15 is 0 Å². The van der Waals surface area contributed by atoms with E-state index in [-0.39, 0.29) is 17.3 Å². The van der Waals surface area contributed by atoms with Gasteiger partial charge in [0.1, 0.15) is 23.2 Å². The molecule has 0 spiro atoms. The quantitative estimate of drug-likeness (QED) is 0.680. The molecule has 0 radical (unpaired) electrons. The molecule has 0 fully saturated rings. The number of hydrogen-bond acceptors (Lipinski definition) is 3. The van der Waals surface area contributed by atoms with Crippen molar-refractivity contribution in [2.75, 3.05) is 0 Å². The second kappa shape index (κ2) is 5.87. The summed E-state index contributed by atoms with van der Waals surface area (Å²) in [6.07, 6.45) is -3.96. The smallest absolute Gasteiger partial charge is 0.449 e. The Morgan fingerprint density at radius 2 is 2.04 bits per heavy atom. The molecule has 8 heteroatoms. The van der Waals surface area contributed by atoms with Crippen LogP contribution < -0.4 is 0 Å². The van der Waals surface area contributed by atoms with E-state index in [1.165, 1.54) is 6.07 Å². The first-order valence-electron chi connectivity index (χ1n) is 7.08. The van der Waals surface area contributed by atoms with Crippen LogP contribution in [0.3, 0.4) is 0 Å². The van der Waals surface area contributed by atoms with Gasteiger partial charge in [0, 0.05) is 6.42 Å². The molecule has 0 aliphatic carbocycles. The van der Waals surface area contributed by atoms with Crippen molar-refractivity contribution >= 4 is 22.6 Å². The average molecular weight is 354 g/mol. The molecule has 0 aliphatic heterocycles. The van der Waals surface area contributed by atoms with Crippen LogP contribution >= 0.6 is 11.6 Å². The lowest BCUT2D eigenvalue weighted by Crippen LogP contribution is -2.05. The fourth-order valence-corrected chi connectivity index (χ4v) is 2.76. The van der Waals surface area contributed by atoms with Gasteiger partial charge in [0.15, 0.2) is 0 Å². The lowest BCUT2D eigenvalue weighted by atomic mass is 10.2. The normalized spacial score (nSPS) is 11.8. The molecule has 3 rings (SSSR count). The number of imidazole rings is 1. The largest absolute Gasteiger partial charge is 0.455 e. The number of nitriles is 1. The Hall–Kier alpha value is -2.46. The van der Waals surface area contributed by atoms with Crippen molar-refractivity contribution in [3.05, 3.63) is 52.2 Å². The summed E-state index contributed by atoms with van der Waals surface area (Å²) < 4.78 is 44.6. The summed E-state index contributed by atoms with van der Waals surface area (Å²) >= 11 is 6.18. The molecule has 0 unspecified atom stereocenters. The van der Waals surface area contributed by atoms with E-state index in [2.05, 4.69) is 4.98 Å². The molecule has 0 atom stereocenters. The maximum absolute atomic E-state index is 12.7. The molecule has 0 N–H and O–H groups in total. The Morgan fingerprint density at radius 3 is 2.62 bits per heavy atom. The minimum absolute atomic E-state index is 0.0952. The number of halogens is 4. The Bertz CT molecular complexity index is 950. The van der Waals surface area contributed by atoms with Gasteiger partial charge in [-0.2, -0.15) is 18.4 Å². The highest BCUT2D eigenvalue weighted by molar-refractivity contribution is 6.36. The van der Waals surface area contributed by atoms with E-state index in [9.17, 15) is 13.2 Å². The summed E-state index contributed by atoms with van der Waals surface area (Å²) in [4.78, 5) is 4.41. The van der Waals surface area contributed by atoms with E-state index in [0.29, 0.717) is 28.8 Å². The molecular formula is C16H11ClF3N3O. The molecule has 2 heterocycles. The van der Waals surface area contributed by atoms with Crippen molar-refractivity contribution in [2.24, 2.45) is 0 Å². The standard InChI is InChI=1S/C16H11ClF3N3O/c1-2-13-22-15-11(5-3-9(7-21)14(15)17)23(13)8-10-4-6-12(24-10)16(18,19)20/h3-6H,2,8H2,1H3. The maximum Gasteiger partial charge on any atom is 0.449 e. The molecule has 24 heavy (non-hydrogen) atoms. The van der Waals surface area contributed by atoms with Crippen molar-refractivity contribution in [3.8, 4) is 6.07 Å². The third-order valence-corrected chi connectivity index (χ3v) is 4.01. The first-order valence-corrected chi connectivity index (χ1v) is 7.46. The summed E-state index contributed by atoms with van der Waals surface area (Å²) in [6, 6.07) is 7.41. The van der Waals surface area contributed by atoms with Crippen LogP contribution in [0.5, 0.6) is 0 Å². The monoisotopic (exact) mass is 353 g/mol. The molecule has 2 aromatic heterocycles. The molecule has 124 valence electrons. The predicted octanol–water partition coefficient (Wildman–Crippen LogP) is 4.78. The van der Waals surface area contributed by atoms with Crippen LogP contribution in [0.4, 0.5) is 13.2 Å². The van der Waals surface area contributed by atoms with E-state index in [0.717, 1.165) is 6.07 Å². The highest BCUT2D eigenvalue weighted by Crippen LogP contribution is 2.32. The van der Waals surface area contributed by atoms with Gasteiger partial charge in [-0.25, -0.2) is 4.98 Å². The van der Waals surface area contributed by atoms with E-state index in [1.807, 2.05) is 13.0 Å². The van der Waals surface area contributed by atoms with Gasteiger partial charge in [0.25, 0.3) is 0 Å². The zero-order valence-corrected chi connectivity index (χ0v) is 13.2. The van der Waals surface area contributed by atoms with Crippen molar-refractivity contribution in [3.63, 3.8) is 0 Å². The first-order chi connectivity index (χ1) is 11.3. The number of fused-ring (bicyclic) bond motifs is 1. The van der Waals surface area contributed by atoms with E-state index in [4.69, 9.17) is 21.3 Å². The van der Waals surface area contributed by atoms with Crippen molar-refractivity contribution < 1.29 is 17.6 Å². The van der Waals surface area contributed by atoms with Gasteiger partial charge in [-0.3, -0.25) is 0 Å². The maximum atomic E-state index is 12.7. The lowest BCUT2D eigenvalue weighted by molar-refractivity contribution is -0.153. The number of aryl methyl sites for hydroxylation is 1. The van der Waals surface area contributed by atoms with Crippen LogP contribution in [-0.4, -0.2) is 9.55 Å². The van der Waals surface area contributed by atoms with Gasteiger partial charge < -0.3 is 8.98 Å². The molecule has 0 amide bonds. The summed E-state index contributed by atoms with van der Waals surface area (Å²) in [6.45, 7) is 1.97. The second-order valence-corrected chi connectivity index (χ2v) is 5.52. The number of nitrogens with zero attached hydrogens (tertiary/aromatic N) is 3. The minimum Gasteiger partial charge on any atom is -0.455 e. The van der Waals surface area contributed by atoms with Crippen molar-refractivity contribution in [1.29, 1.82) is 5.26 Å². The number of hydrogen-bond donors (Lipinski definition) is 0. The molecule has 3 aromatic rings. The van der Waals surface area contributed by atoms with Crippen molar-refractivity contribution in [2.45, 2.75) is 26.1 Å². The van der Waals surface area contributed by atoms with Crippen LogP contribution in [0.2, 0.25) is 5.02 Å². The van der Waals surface area contributed by atoms with Crippen LogP contribution in [-0.2, 0) is 19.1 Å². The lowest BCUT2D eigenvalue weighted by Gasteiger charge is -2.07. The van der Waals surface area contributed by atoms with Crippen LogP contribution in [0, 0.1) is 11.3 Å². The van der Waals surface area contributed by atoms with Gasteiger partial charge in [0.05, 0.1) is 22.6 Å². The van der Waals surface area contributed by atoms with Gasteiger partial charge in [0.2, 0.25) is 5.76 Å². The molecule has 0 saturated carbocycles. The Labute approximate surface area is 140 Å². The molecule has 4 nitrogen and oxygen atoms in total. The van der Waals surface area contributed by atoms with Gasteiger partial charge in [-0.1, -0.05) is 18.5 Å². The van der Waals surface area contributed by atoms with Crippen LogP contribution in [0.15, 0.2) is 28.7 Å². The summed E-state index contributed by atoms with van der Waals surface area (Å²) in [5, 5.41) is 9.27. The van der Waals surface area contributed by atoms with Gasteiger partial charge in [-0.15, -0.1) is 0 Å². The first kappa shape index (κ1) is 16.4. The van der Waals surface area contributed by atoms with Gasteiger partial charge >= 0.3 is 6.18 Å². The topological polar surface area (TPSA) is 54.8 Å². The van der Waals surface area contributed by atoms with Crippen LogP contribution in [0.1, 0.15) is 29.8 Å². The van der Waals surface area contributed by atoms with Crippen molar-refractivity contribution in [1.82, 2.24) is 9.55 Å². The highest BCUT2D eigenvalue weighted by atomic mass is 35.5. The molecule has 1 aromatic carbocycles. The molecular weight excluding hydrogens is 343 g/mol. The molecule has 0 bridgehead atoms. The average Bonchev–Trinajstić information content (AvgIpc) is 3.13. The predicted molar refractivity (Wildman–Crippen MR) is 81.6 cm³/mol. The Morgan fingerprint density at radius 1 is 1.29 bits per heavy atom. The third kappa shape index (κ3) is 2.74. The number of rotatable bonds is 3. The number of benzene rings is 1. The summed E-state index contributed by atoms with van der Waals surface area (Å²) in [7, 11) is 0. The Balaban J connectivity index is 2.07. The molecule has 0 aliphatic rings. The third-order valence-electron chi connectivity index (χ3n) is 3.63. The second-order valence-electron chi connectivity index (χ2n) is 5.14. The molecule has 0 saturated heterocycles. The number of alkyl halides is 3. The van der Waals surface area contributed by atoms with E-state index < -0.39 is 11.9 Å². The number of furan rings is 1. The summed E-state index contributed by atoms with van der Waals surface area (Å²) in [5.41, 5.74) is 1.39. The zero-order chi connectivity index (χ0) is 17.5. The van der Waals surface area contributed by atoms with Gasteiger partial charge in [-0.05, 0) is 24.3 Å². The van der Waals surface area contributed by atoms with E-state index in [1.54, 1.807) is 16.7 Å². The summed E-state index contributed by atoms with van der Waals surface area (Å²) in [5.74, 6) is -0.228. The zero-order valence-electron chi connectivity index (χ0n) is 12.5. The van der Waals surface area contributed by atoms with Crippen LogP contribution in [0.25, 0.3) is 11.0 Å². The minimum atomic E-state index is -4.52. The SMILES string of the molecule is CCc1nc2c(Cl)c(C#N)ccc2n1Cc1ccc(C(F)(F)F)o1. The fraction of sp³-hybridized carbons (Fsp3) is 0.250. The Kier molecular flexibility index (Phi) is 4.01. The number of aromatic nitrogens is 2. The fourth-order valence-electron chi connectivity index (χ4n) is 2.51. The highest BCUT2D eigenvalue weighted by Gasteiger charge is 2.34.